The lowest BCUT2D eigenvalue weighted by Crippen LogP contribution is -2.48. The Morgan fingerprint density at radius 3 is 2.30 bits per heavy atom. The van der Waals surface area contributed by atoms with E-state index in [9.17, 15) is 14.7 Å². The molecule has 2 aromatic heterocycles. The second kappa shape index (κ2) is 19.5. The summed E-state index contributed by atoms with van der Waals surface area (Å²) in [5.74, 6) is 2.87. The van der Waals surface area contributed by atoms with Crippen molar-refractivity contribution in [3.8, 4) is 39.3 Å². The molecule has 2 aliphatic rings. The molecule has 4 heterocycles. The van der Waals surface area contributed by atoms with E-state index in [1.807, 2.05) is 54.6 Å². The molecule has 6 aromatic rings. The van der Waals surface area contributed by atoms with Gasteiger partial charge in [-0.1, -0.05) is 51.8 Å². The number of thiophene rings is 1. The minimum Gasteiger partial charge on any atom is -0.508 e. The van der Waals surface area contributed by atoms with Crippen molar-refractivity contribution in [2.45, 2.75) is 31.8 Å². The molecule has 2 saturated heterocycles. The summed E-state index contributed by atoms with van der Waals surface area (Å²) in [5, 5.41) is 18.6. The molecule has 0 radical (unpaired) electrons. The van der Waals surface area contributed by atoms with Gasteiger partial charge >= 0.3 is 0 Å². The predicted octanol–water partition coefficient (Wildman–Crippen LogP) is 8.40. The smallest absolute Gasteiger partial charge is 0.254 e. The monoisotopic (exact) mass is 913 g/mol. The SMILES string of the molecule is O=C(NCc1ccc(Cl)cc1)[C@@H]1CCCN1C(=O)Cc1cc(OCCN2CCN(CCOc3ccc(Oc4c(-c5ccc(Br)cc5)sc5cc(O)ccc45)cc3)CC2)no1. The molecule has 60 heavy (non-hydrogen) atoms. The fourth-order valence-corrected chi connectivity index (χ4v) is 8.99. The van der Waals surface area contributed by atoms with Crippen molar-refractivity contribution in [1.82, 2.24) is 25.2 Å². The van der Waals surface area contributed by atoms with E-state index in [-0.39, 0.29) is 24.0 Å². The van der Waals surface area contributed by atoms with Crippen LogP contribution in [0.25, 0.3) is 20.5 Å². The van der Waals surface area contributed by atoms with Crippen molar-refractivity contribution < 1.29 is 33.4 Å². The molecule has 2 N–H and O–H groups in total. The number of phenolic OH excluding ortho intramolecular Hbond substituents is 1. The maximum Gasteiger partial charge on any atom is 0.254 e. The number of carbonyl (C=O) groups excluding carboxylic acids is 2. The zero-order valence-electron chi connectivity index (χ0n) is 32.9. The summed E-state index contributed by atoms with van der Waals surface area (Å²) in [5.41, 5.74) is 1.98. The molecule has 2 amide bonds. The van der Waals surface area contributed by atoms with Crippen molar-refractivity contribution in [3.05, 3.63) is 118 Å². The predicted molar refractivity (Wildman–Crippen MR) is 235 cm³/mol. The Morgan fingerprint density at radius 1 is 0.867 bits per heavy atom. The number of nitrogens with one attached hydrogen (secondary N) is 1. The standard InChI is InChI=1S/C45H45BrClN5O7S/c46-32-7-5-31(6-8-32)44-43(38-16-11-34(53)26-40(38)60-44)58-36-14-12-35(13-15-36)56-24-22-50-18-20-51(21-19-50)23-25-57-41-27-37(59-49-41)28-42(54)52-17-1-2-39(52)45(55)48-29-30-3-9-33(47)10-4-30/h3-16,26-27,39,53H,1-2,17-25,28-29H2,(H,48,55)/t39-/m0/s1. The summed E-state index contributed by atoms with van der Waals surface area (Å²) in [6.45, 7) is 7.16. The van der Waals surface area contributed by atoms with Gasteiger partial charge in [-0.05, 0) is 95.9 Å². The van der Waals surface area contributed by atoms with E-state index in [4.69, 9.17) is 30.3 Å². The van der Waals surface area contributed by atoms with Gasteiger partial charge in [-0.15, -0.1) is 11.3 Å². The molecular formula is C45H45BrClN5O7S. The highest BCUT2D eigenvalue weighted by Crippen LogP contribution is 2.47. The van der Waals surface area contributed by atoms with Crippen molar-refractivity contribution in [1.29, 1.82) is 0 Å². The Hall–Kier alpha value is -5.12. The lowest BCUT2D eigenvalue weighted by atomic mass is 10.1. The van der Waals surface area contributed by atoms with Gasteiger partial charge in [0.1, 0.15) is 42.3 Å². The van der Waals surface area contributed by atoms with Gasteiger partial charge in [0, 0.05) is 78.0 Å². The highest BCUT2D eigenvalue weighted by molar-refractivity contribution is 9.10. The minimum absolute atomic E-state index is 0.0118. The van der Waals surface area contributed by atoms with Crippen molar-refractivity contribution >= 4 is 60.8 Å². The van der Waals surface area contributed by atoms with Crippen LogP contribution in [0.15, 0.2) is 106 Å². The second-order valence-electron chi connectivity index (χ2n) is 14.8. The number of nitrogens with zero attached hydrogens (tertiary/aromatic N) is 4. The Morgan fingerprint density at radius 2 is 1.57 bits per heavy atom. The molecule has 0 bridgehead atoms. The van der Waals surface area contributed by atoms with E-state index in [1.54, 1.807) is 46.6 Å². The minimum atomic E-state index is -0.509. The van der Waals surface area contributed by atoms with Crippen molar-refractivity contribution in [2.75, 3.05) is 59.0 Å². The summed E-state index contributed by atoms with van der Waals surface area (Å²) in [4.78, 5) is 33.5. The van der Waals surface area contributed by atoms with Gasteiger partial charge in [0.15, 0.2) is 5.75 Å². The first-order valence-electron chi connectivity index (χ1n) is 20.0. The number of rotatable bonds is 16. The van der Waals surface area contributed by atoms with E-state index < -0.39 is 6.04 Å². The lowest BCUT2D eigenvalue weighted by Gasteiger charge is -2.34. The van der Waals surface area contributed by atoms with Gasteiger partial charge in [-0.2, -0.15) is 0 Å². The third-order valence-electron chi connectivity index (χ3n) is 10.7. The molecule has 2 fully saturated rings. The summed E-state index contributed by atoms with van der Waals surface area (Å²) < 4.78 is 25.8. The first-order valence-corrected chi connectivity index (χ1v) is 22.0. The molecule has 0 unspecified atom stereocenters. The van der Waals surface area contributed by atoms with Gasteiger partial charge in [0.2, 0.25) is 11.8 Å². The Labute approximate surface area is 365 Å². The fraction of sp³-hybridized carbons (Fsp3) is 0.311. The maximum absolute atomic E-state index is 13.2. The number of fused-ring (bicyclic) bond motifs is 1. The average Bonchev–Trinajstić information content (AvgIpc) is 4.01. The molecule has 1 atom stereocenters. The van der Waals surface area contributed by atoms with Crippen LogP contribution in [-0.4, -0.2) is 102 Å². The van der Waals surface area contributed by atoms with Crippen molar-refractivity contribution in [2.24, 2.45) is 0 Å². The van der Waals surface area contributed by atoms with Gasteiger partial charge in [0.25, 0.3) is 5.88 Å². The molecule has 0 spiro atoms. The molecule has 2 aliphatic heterocycles. The summed E-state index contributed by atoms with van der Waals surface area (Å²) in [6, 6.07) is 29.6. The number of hydrogen-bond acceptors (Lipinski definition) is 11. The molecule has 4 aromatic carbocycles. The van der Waals surface area contributed by atoms with Gasteiger partial charge in [-0.3, -0.25) is 19.4 Å². The van der Waals surface area contributed by atoms with E-state index in [0.29, 0.717) is 55.1 Å². The number of benzene rings is 4. The normalized spacial score (nSPS) is 16.0. The maximum atomic E-state index is 13.2. The summed E-state index contributed by atoms with van der Waals surface area (Å²) >= 11 is 11.1. The third-order valence-corrected chi connectivity index (χ3v) is 12.7. The van der Waals surface area contributed by atoms with Crippen LogP contribution >= 0.6 is 38.9 Å². The second-order valence-corrected chi connectivity index (χ2v) is 17.2. The molecule has 0 aliphatic carbocycles. The van der Waals surface area contributed by atoms with Crippen LogP contribution < -0.4 is 19.5 Å². The largest absolute Gasteiger partial charge is 0.508 e. The number of amides is 2. The van der Waals surface area contributed by atoms with Crippen LogP contribution in [0, 0.1) is 0 Å². The summed E-state index contributed by atoms with van der Waals surface area (Å²) in [6.07, 6.45) is 1.40. The number of phenols is 1. The first-order chi connectivity index (χ1) is 29.2. The highest BCUT2D eigenvalue weighted by atomic mass is 79.9. The van der Waals surface area contributed by atoms with Crippen LogP contribution in [0.4, 0.5) is 0 Å². The number of likely N-dealkylation sites (tertiary alicyclic amines) is 1. The number of aromatic hydroxyl groups is 1. The number of piperazine rings is 1. The van der Waals surface area contributed by atoms with Crippen LogP contribution in [0.1, 0.15) is 24.2 Å². The number of carbonyl (C=O) groups is 2. The quantitative estimate of drug-likeness (QED) is 0.0977. The highest BCUT2D eigenvalue weighted by Gasteiger charge is 2.34. The Kier molecular flexibility index (Phi) is 13.5. The number of hydrogen-bond donors (Lipinski definition) is 2. The van der Waals surface area contributed by atoms with Gasteiger partial charge in [-0.25, -0.2) is 0 Å². The van der Waals surface area contributed by atoms with Crippen LogP contribution in [0.5, 0.6) is 28.9 Å². The molecule has 8 rings (SSSR count). The van der Waals surface area contributed by atoms with Crippen LogP contribution in [0.2, 0.25) is 5.02 Å². The van der Waals surface area contributed by atoms with E-state index in [2.05, 4.69) is 48.3 Å². The van der Waals surface area contributed by atoms with E-state index in [1.165, 1.54) is 0 Å². The van der Waals surface area contributed by atoms with E-state index in [0.717, 1.165) is 87.8 Å². The van der Waals surface area contributed by atoms with E-state index >= 15 is 0 Å². The lowest BCUT2D eigenvalue weighted by molar-refractivity contribution is -0.138. The Balaban J connectivity index is 0.728. The van der Waals surface area contributed by atoms with Gasteiger partial charge in [0.05, 0.1) is 11.3 Å². The zero-order chi connectivity index (χ0) is 41.4. The average molecular weight is 915 g/mol. The fourth-order valence-electron chi connectivity index (χ4n) is 7.43. The van der Waals surface area contributed by atoms with Crippen LogP contribution in [0.3, 0.4) is 0 Å². The number of ether oxygens (including phenoxy) is 3. The molecular weight excluding hydrogens is 870 g/mol. The molecule has 12 nitrogen and oxygen atoms in total. The molecule has 15 heteroatoms. The topological polar surface area (TPSA) is 130 Å². The molecule has 312 valence electrons. The van der Waals surface area contributed by atoms with Crippen LogP contribution in [-0.2, 0) is 22.6 Å². The molecule has 0 saturated carbocycles. The summed E-state index contributed by atoms with van der Waals surface area (Å²) in [7, 11) is 0. The number of halogens is 2. The number of aromatic nitrogens is 1. The zero-order valence-corrected chi connectivity index (χ0v) is 36.0. The third kappa shape index (κ3) is 10.6. The van der Waals surface area contributed by atoms with Gasteiger partial charge < -0.3 is 34.1 Å². The first kappa shape index (κ1) is 41.6. The van der Waals surface area contributed by atoms with Crippen molar-refractivity contribution in [3.63, 3.8) is 0 Å². The Bertz CT molecular complexity index is 2380.